The van der Waals surface area contributed by atoms with Crippen LogP contribution in [0.5, 0.6) is 0 Å². The second-order valence-electron chi connectivity index (χ2n) is 0. The van der Waals surface area contributed by atoms with Crippen molar-refractivity contribution in [3.8, 4) is 0 Å². The van der Waals surface area contributed by atoms with Crippen LogP contribution in [0.2, 0.25) is 0 Å². The second kappa shape index (κ2) is 84.1. The quantitative estimate of drug-likeness (QED) is 0.385. The molecule has 0 unspecified atom stereocenters. The standard InChI is InChI=1S/4CN.Cu/c4*1-2;/q4*-1;. The Balaban J connectivity index is -0.00000000762. The zero-order valence-corrected chi connectivity index (χ0v) is 5.03. The molecule has 0 atom stereocenters. The van der Waals surface area contributed by atoms with Crippen LogP contribution in [0, 0.1) is 47.3 Å². The fraction of sp³-hybridized carbons (Fsp3) is 0. The number of nitrogens with zero attached hydrogens (tertiary/aromatic N) is 4. The van der Waals surface area contributed by atoms with Crippen LogP contribution in [0.25, 0.3) is 0 Å². The predicted octanol–water partition coefficient (Wildman–Crippen LogP) is 0.383. The molecule has 0 N–H and O–H groups in total. The Morgan fingerprint density at radius 1 is 0.444 bits per heavy atom. The van der Waals surface area contributed by atoms with E-state index in [4.69, 9.17) is 47.3 Å². The smallest absolute Gasteiger partial charge is 0 e. The summed E-state index contributed by atoms with van der Waals surface area (Å²) in [5, 5.41) is 25.0. The summed E-state index contributed by atoms with van der Waals surface area (Å²) in [7, 11) is 0. The zero-order chi connectivity index (χ0) is 8.00. The first kappa shape index (κ1) is 51.1. The molecule has 0 bridgehead atoms. The Hall–Kier alpha value is -1.52. The van der Waals surface area contributed by atoms with Gasteiger partial charge in [-0.15, -0.1) is 0 Å². The predicted molar refractivity (Wildman–Crippen MR) is 19.9 cm³/mol. The third-order valence-electron chi connectivity index (χ3n) is 0. The second-order valence-corrected chi connectivity index (χ2v) is 0. The molecule has 0 aromatic heterocycles. The van der Waals surface area contributed by atoms with E-state index in [0.29, 0.717) is 0 Å². The van der Waals surface area contributed by atoms with Crippen molar-refractivity contribution in [2.45, 2.75) is 0 Å². The summed E-state index contributed by atoms with van der Waals surface area (Å²) in [5.41, 5.74) is 0. The van der Waals surface area contributed by atoms with Gasteiger partial charge in [0, 0.05) is 17.1 Å². The van der Waals surface area contributed by atoms with Gasteiger partial charge >= 0.3 is 0 Å². The Morgan fingerprint density at radius 2 is 0.444 bits per heavy atom. The van der Waals surface area contributed by atoms with E-state index >= 15 is 0 Å². The van der Waals surface area contributed by atoms with Gasteiger partial charge < -0.3 is 47.3 Å². The number of hydrogen-bond acceptors (Lipinski definition) is 4. The molecule has 1 radical (unpaired) electrons. The summed E-state index contributed by atoms with van der Waals surface area (Å²) in [4.78, 5) is 0. The molecule has 5 heteroatoms. The molecule has 9 heavy (non-hydrogen) atoms. The molecule has 0 aliphatic rings. The Kier molecular flexibility index (Phi) is 478. The SMILES string of the molecule is [C-]#N.[C-]#N.[C-]#N.[C-]#N.[Cu]. The Bertz CT molecular complexity index is 55.5. The first-order valence-corrected chi connectivity index (χ1v) is 0.894. The molecule has 0 aliphatic heterocycles. The van der Waals surface area contributed by atoms with E-state index < -0.39 is 0 Å². The third kappa shape index (κ3) is 56.2. The molecule has 0 spiro atoms. The van der Waals surface area contributed by atoms with Crippen molar-refractivity contribution in [3.05, 3.63) is 26.3 Å². The largest absolute Gasteiger partial charge is 0.512 e. The van der Waals surface area contributed by atoms with Crippen LogP contribution in [0.1, 0.15) is 0 Å². The normalized spacial score (nSPS) is 0.889. The Morgan fingerprint density at radius 3 is 0.444 bits per heavy atom. The maximum Gasteiger partial charge on any atom is 0 e. The molecule has 0 saturated heterocycles. The van der Waals surface area contributed by atoms with Gasteiger partial charge in [0.1, 0.15) is 0 Å². The molecule has 0 heterocycles. The van der Waals surface area contributed by atoms with Crippen molar-refractivity contribution in [1.82, 2.24) is 0 Å². The fourth-order valence-corrected chi connectivity index (χ4v) is 0. The molecule has 51 valence electrons. The van der Waals surface area contributed by atoms with Crippen molar-refractivity contribution >= 4 is 0 Å². The monoisotopic (exact) mass is 167 g/mol. The van der Waals surface area contributed by atoms with Crippen LogP contribution < -0.4 is 0 Å². The van der Waals surface area contributed by atoms with Gasteiger partial charge in [0.15, 0.2) is 0 Å². The van der Waals surface area contributed by atoms with Crippen molar-refractivity contribution in [3.63, 3.8) is 0 Å². The van der Waals surface area contributed by atoms with Crippen LogP contribution in [0.4, 0.5) is 0 Å². The van der Waals surface area contributed by atoms with E-state index in [2.05, 4.69) is 0 Å². The third-order valence-corrected chi connectivity index (χ3v) is 0. The zero-order valence-electron chi connectivity index (χ0n) is 4.09. The first-order valence-electron chi connectivity index (χ1n) is 0.894. The van der Waals surface area contributed by atoms with Crippen LogP contribution in [0.15, 0.2) is 0 Å². The van der Waals surface area contributed by atoms with E-state index in [1.165, 1.54) is 0 Å². The van der Waals surface area contributed by atoms with E-state index in [9.17, 15) is 0 Å². The van der Waals surface area contributed by atoms with Crippen molar-refractivity contribution in [2.75, 3.05) is 0 Å². The van der Waals surface area contributed by atoms with Crippen LogP contribution >= 0.6 is 0 Å². The molecule has 0 aliphatic carbocycles. The summed E-state index contributed by atoms with van der Waals surface area (Å²) >= 11 is 0. The molecular weight excluding hydrogens is 168 g/mol. The van der Waals surface area contributed by atoms with E-state index in [0.717, 1.165) is 0 Å². The average molecular weight is 168 g/mol. The van der Waals surface area contributed by atoms with Crippen LogP contribution in [-0.4, -0.2) is 0 Å². The Labute approximate surface area is 65.0 Å². The average Bonchev–Trinajstić information content (AvgIpc) is 2.03. The maximum absolute atomic E-state index is 6.25. The van der Waals surface area contributed by atoms with E-state index in [-0.39, 0.29) is 17.1 Å². The first-order chi connectivity index (χ1) is 4.00. The van der Waals surface area contributed by atoms with Crippen molar-refractivity contribution in [1.29, 1.82) is 21.0 Å². The van der Waals surface area contributed by atoms with Gasteiger partial charge in [0.2, 0.25) is 0 Å². The van der Waals surface area contributed by atoms with Crippen molar-refractivity contribution in [2.24, 2.45) is 0 Å². The van der Waals surface area contributed by atoms with Gasteiger partial charge in [0.05, 0.1) is 0 Å². The summed E-state index contributed by atoms with van der Waals surface area (Å²) in [6.45, 7) is 19.0. The maximum atomic E-state index is 6.25. The van der Waals surface area contributed by atoms with Gasteiger partial charge in [-0.25, -0.2) is 0 Å². The minimum atomic E-state index is 0. The van der Waals surface area contributed by atoms with Gasteiger partial charge in [-0.3, -0.25) is 0 Å². The molecule has 0 rings (SSSR count). The van der Waals surface area contributed by atoms with Gasteiger partial charge in [-0.1, -0.05) is 0 Å². The van der Waals surface area contributed by atoms with Gasteiger partial charge in [-0.05, 0) is 0 Å². The van der Waals surface area contributed by atoms with Crippen molar-refractivity contribution < 1.29 is 17.1 Å². The van der Waals surface area contributed by atoms with E-state index in [1.807, 2.05) is 0 Å². The molecule has 0 amide bonds. The molecule has 0 fully saturated rings. The molecule has 0 saturated carbocycles. The minimum Gasteiger partial charge on any atom is -0.512 e. The molecular formula is C4CuN4-4. The molecule has 0 aromatic carbocycles. The van der Waals surface area contributed by atoms with Gasteiger partial charge in [0.25, 0.3) is 0 Å². The topological polar surface area (TPSA) is 95.2 Å². The van der Waals surface area contributed by atoms with E-state index in [1.54, 1.807) is 0 Å². The summed E-state index contributed by atoms with van der Waals surface area (Å²) in [5.74, 6) is 0. The number of hydrogen-bond donors (Lipinski definition) is 0. The number of rotatable bonds is 0. The summed E-state index contributed by atoms with van der Waals surface area (Å²) < 4.78 is 0. The summed E-state index contributed by atoms with van der Waals surface area (Å²) in [6.07, 6.45) is 0. The molecule has 0 aromatic rings. The van der Waals surface area contributed by atoms with Gasteiger partial charge in [-0.2, -0.15) is 0 Å². The fourth-order valence-electron chi connectivity index (χ4n) is 0. The molecule has 4 nitrogen and oxygen atoms in total. The van der Waals surface area contributed by atoms with Crippen LogP contribution in [-0.2, 0) is 17.1 Å². The summed E-state index contributed by atoms with van der Waals surface area (Å²) in [6, 6.07) is 0. The van der Waals surface area contributed by atoms with Crippen LogP contribution in [0.3, 0.4) is 0 Å². The minimum absolute atomic E-state index is 0.